The van der Waals surface area contributed by atoms with E-state index in [2.05, 4.69) is 15.1 Å². The van der Waals surface area contributed by atoms with E-state index >= 15 is 0 Å². The summed E-state index contributed by atoms with van der Waals surface area (Å²) in [5.41, 5.74) is 1.76. The molecule has 1 aliphatic rings. The van der Waals surface area contributed by atoms with Gasteiger partial charge < -0.3 is 15.2 Å². The Balaban J connectivity index is 1.76. The summed E-state index contributed by atoms with van der Waals surface area (Å²) in [5, 5.41) is 18.6. The SMILES string of the molecule is CC(C)c1cc(F)cc(C(C)C)c1NC(=O)NSc1cc(C2(O)COC2)n(C(C)C)n1. The highest BCUT2D eigenvalue weighted by molar-refractivity contribution is 7.97. The van der Waals surface area contributed by atoms with Crippen molar-refractivity contribution in [3.63, 3.8) is 0 Å². The van der Waals surface area contributed by atoms with E-state index in [9.17, 15) is 14.3 Å². The highest BCUT2D eigenvalue weighted by Gasteiger charge is 2.41. The summed E-state index contributed by atoms with van der Waals surface area (Å²) in [6.07, 6.45) is 0. The number of carbonyl (C=O) groups is 1. The number of halogens is 1. The Morgan fingerprint density at radius 2 is 1.74 bits per heavy atom. The van der Waals surface area contributed by atoms with Crippen LogP contribution >= 0.6 is 11.9 Å². The number of amides is 2. The quantitative estimate of drug-likeness (QED) is 0.523. The number of ether oxygens (including phenoxy) is 1. The summed E-state index contributed by atoms with van der Waals surface area (Å²) in [5.74, 6) is -0.214. The predicted molar refractivity (Wildman–Crippen MR) is 120 cm³/mol. The van der Waals surface area contributed by atoms with Gasteiger partial charge in [0.25, 0.3) is 0 Å². The van der Waals surface area contributed by atoms with Gasteiger partial charge in [-0.25, -0.2) is 9.18 Å². The second-order valence-corrected chi connectivity index (χ2v) is 9.68. The lowest BCUT2D eigenvalue weighted by Gasteiger charge is -2.36. The van der Waals surface area contributed by atoms with Crippen LogP contribution in [-0.4, -0.2) is 34.1 Å². The molecule has 9 heteroatoms. The van der Waals surface area contributed by atoms with Crippen LogP contribution in [0.15, 0.2) is 23.2 Å². The Hall–Kier alpha value is -2.10. The molecule has 0 saturated carbocycles. The second-order valence-electron chi connectivity index (χ2n) is 8.86. The van der Waals surface area contributed by atoms with Crippen molar-refractivity contribution in [2.24, 2.45) is 0 Å². The largest absolute Gasteiger partial charge is 0.379 e. The number of hydrogen-bond acceptors (Lipinski definition) is 5. The van der Waals surface area contributed by atoms with Crippen molar-refractivity contribution in [3.05, 3.63) is 40.8 Å². The number of carbonyl (C=O) groups excluding carboxylic acids is 1. The fourth-order valence-corrected chi connectivity index (χ4v) is 4.10. The van der Waals surface area contributed by atoms with Crippen LogP contribution in [0.2, 0.25) is 0 Å². The first-order valence-electron chi connectivity index (χ1n) is 10.5. The van der Waals surface area contributed by atoms with Crippen LogP contribution in [-0.2, 0) is 10.3 Å². The van der Waals surface area contributed by atoms with Gasteiger partial charge in [-0.3, -0.25) is 9.40 Å². The molecule has 2 amide bonds. The van der Waals surface area contributed by atoms with E-state index in [1.807, 2.05) is 41.5 Å². The van der Waals surface area contributed by atoms with Gasteiger partial charge in [0, 0.05) is 23.7 Å². The highest BCUT2D eigenvalue weighted by Crippen LogP contribution is 2.35. The van der Waals surface area contributed by atoms with Gasteiger partial charge in [0.15, 0.2) is 5.60 Å². The standard InChI is InChI=1S/C22H31FN4O3S/c1-12(2)16-7-15(23)8-17(13(3)4)20(16)24-21(28)26-31-19-9-18(22(29)10-30-11-22)27(25-19)14(5)6/h7-9,12-14,29H,10-11H2,1-6H3,(H2,24,26,28). The number of nitrogens with one attached hydrogen (secondary N) is 2. The van der Waals surface area contributed by atoms with Gasteiger partial charge in [-0.1, -0.05) is 27.7 Å². The zero-order chi connectivity index (χ0) is 22.9. The molecule has 1 aliphatic heterocycles. The first-order valence-corrected chi connectivity index (χ1v) is 11.3. The smallest absolute Gasteiger partial charge is 0.329 e. The van der Waals surface area contributed by atoms with E-state index in [0.29, 0.717) is 16.4 Å². The van der Waals surface area contributed by atoms with Crippen LogP contribution in [0.4, 0.5) is 14.9 Å². The van der Waals surface area contributed by atoms with Crippen LogP contribution in [0.3, 0.4) is 0 Å². The van der Waals surface area contributed by atoms with Crippen molar-refractivity contribution in [2.75, 3.05) is 18.5 Å². The molecule has 3 N–H and O–H groups in total. The molecule has 0 atom stereocenters. The van der Waals surface area contributed by atoms with Gasteiger partial charge in [0.1, 0.15) is 10.8 Å². The fraction of sp³-hybridized carbons (Fsp3) is 0.545. The van der Waals surface area contributed by atoms with Crippen molar-refractivity contribution in [3.8, 4) is 0 Å². The Kier molecular flexibility index (Phi) is 6.98. The minimum absolute atomic E-state index is 0.0456. The number of aliphatic hydroxyl groups is 1. The Morgan fingerprint density at radius 3 is 2.19 bits per heavy atom. The minimum Gasteiger partial charge on any atom is -0.379 e. The molecule has 0 unspecified atom stereocenters. The molecule has 170 valence electrons. The predicted octanol–water partition coefficient (Wildman–Crippen LogP) is 4.90. The molecule has 1 aromatic carbocycles. The van der Waals surface area contributed by atoms with E-state index in [0.717, 1.165) is 23.1 Å². The van der Waals surface area contributed by atoms with E-state index in [1.165, 1.54) is 12.1 Å². The topological polar surface area (TPSA) is 88.4 Å². The average molecular weight is 451 g/mol. The number of rotatable bonds is 7. The zero-order valence-corrected chi connectivity index (χ0v) is 19.6. The summed E-state index contributed by atoms with van der Waals surface area (Å²) in [6.45, 7) is 12.3. The van der Waals surface area contributed by atoms with Crippen molar-refractivity contribution in [1.29, 1.82) is 0 Å². The number of hydrogen-bond donors (Lipinski definition) is 3. The first-order chi connectivity index (χ1) is 14.5. The third-order valence-electron chi connectivity index (χ3n) is 5.26. The second kappa shape index (κ2) is 9.18. The van der Waals surface area contributed by atoms with Gasteiger partial charge in [-0.2, -0.15) is 5.10 Å². The van der Waals surface area contributed by atoms with Crippen LogP contribution < -0.4 is 10.0 Å². The van der Waals surface area contributed by atoms with Gasteiger partial charge in [0.2, 0.25) is 0 Å². The van der Waals surface area contributed by atoms with Crippen molar-refractivity contribution in [1.82, 2.24) is 14.5 Å². The maximum Gasteiger partial charge on any atom is 0.329 e. The third-order valence-corrected chi connectivity index (χ3v) is 5.95. The molecule has 0 bridgehead atoms. The van der Waals surface area contributed by atoms with E-state index in [-0.39, 0.29) is 36.9 Å². The Labute approximate surface area is 186 Å². The molecule has 0 aliphatic carbocycles. The lowest BCUT2D eigenvalue weighted by Crippen LogP contribution is -2.48. The summed E-state index contributed by atoms with van der Waals surface area (Å²) in [4.78, 5) is 12.7. The average Bonchev–Trinajstić information content (AvgIpc) is 3.10. The third kappa shape index (κ3) is 5.05. The maximum atomic E-state index is 14.1. The van der Waals surface area contributed by atoms with Crippen LogP contribution in [0.25, 0.3) is 0 Å². The van der Waals surface area contributed by atoms with E-state index in [4.69, 9.17) is 4.74 Å². The minimum atomic E-state index is -1.05. The summed E-state index contributed by atoms with van der Waals surface area (Å²) < 4.78 is 23.8. The number of aromatic nitrogens is 2. The molecule has 7 nitrogen and oxygen atoms in total. The van der Waals surface area contributed by atoms with E-state index in [1.54, 1.807) is 10.7 Å². The van der Waals surface area contributed by atoms with Gasteiger partial charge in [-0.15, -0.1) is 0 Å². The van der Waals surface area contributed by atoms with Crippen molar-refractivity contribution in [2.45, 2.75) is 70.0 Å². The molecule has 1 saturated heterocycles. The molecule has 2 aromatic rings. The first kappa shape index (κ1) is 23.6. The van der Waals surface area contributed by atoms with E-state index < -0.39 is 11.6 Å². The molecule has 3 rings (SSSR count). The van der Waals surface area contributed by atoms with Crippen molar-refractivity contribution < 1.29 is 19.0 Å². The molecule has 31 heavy (non-hydrogen) atoms. The number of urea groups is 1. The van der Waals surface area contributed by atoms with Gasteiger partial charge in [0.05, 0.1) is 18.9 Å². The van der Waals surface area contributed by atoms with Crippen molar-refractivity contribution >= 4 is 23.7 Å². The van der Waals surface area contributed by atoms with Gasteiger partial charge >= 0.3 is 6.03 Å². The molecule has 1 aromatic heterocycles. The molecular formula is C22H31FN4O3S. The van der Waals surface area contributed by atoms with Crippen LogP contribution in [0, 0.1) is 5.82 Å². The fourth-order valence-electron chi connectivity index (χ4n) is 3.55. The highest BCUT2D eigenvalue weighted by atomic mass is 32.2. The maximum absolute atomic E-state index is 14.1. The summed E-state index contributed by atoms with van der Waals surface area (Å²) >= 11 is 1.06. The summed E-state index contributed by atoms with van der Waals surface area (Å²) in [6, 6.07) is 4.33. The molecule has 2 heterocycles. The van der Waals surface area contributed by atoms with Gasteiger partial charge in [-0.05, 0) is 55.0 Å². The molecule has 0 spiro atoms. The van der Waals surface area contributed by atoms with Crippen LogP contribution in [0.5, 0.6) is 0 Å². The monoisotopic (exact) mass is 450 g/mol. The Morgan fingerprint density at radius 1 is 1.16 bits per heavy atom. The lowest BCUT2D eigenvalue weighted by atomic mass is 9.92. The number of anilines is 1. The molecular weight excluding hydrogens is 419 g/mol. The zero-order valence-electron chi connectivity index (χ0n) is 18.8. The summed E-state index contributed by atoms with van der Waals surface area (Å²) in [7, 11) is 0. The molecule has 0 radical (unpaired) electrons. The van der Waals surface area contributed by atoms with Crippen LogP contribution in [0.1, 0.15) is 76.2 Å². The normalized spacial score (nSPS) is 15.5. The Bertz CT molecular complexity index is 925. The lowest BCUT2D eigenvalue weighted by molar-refractivity contribution is -0.189. The number of benzene rings is 1. The molecule has 1 fully saturated rings. The number of nitrogens with zero attached hydrogens (tertiary/aromatic N) is 2.